The van der Waals surface area contributed by atoms with Crippen molar-refractivity contribution in [1.29, 1.82) is 0 Å². The van der Waals surface area contributed by atoms with Crippen molar-refractivity contribution in [2.24, 2.45) is 5.73 Å². The van der Waals surface area contributed by atoms with Crippen LogP contribution in [0.2, 0.25) is 0 Å². The maximum absolute atomic E-state index is 11.1. The average molecular weight is 223 g/mol. The molecule has 1 aromatic heterocycles. The summed E-state index contributed by atoms with van der Waals surface area (Å²) >= 11 is 0. The number of amides is 1. The lowest BCUT2D eigenvalue weighted by Gasteiger charge is -2.13. The summed E-state index contributed by atoms with van der Waals surface area (Å²) in [4.78, 5) is 11.1. The predicted octanol–water partition coefficient (Wildman–Crippen LogP) is 1.26. The van der Waals surface area contributed by atoms with Crippen molar-refractivity contribution in [3.05, 3.63) is 23.0 Å². The first-order chi connectivity index (χ1) is 7.47. The molecule has 0 aliphatic carbocycles. The Kier molecular flexibility index (Phi) is 4.12. The minimum atomic E-state index is -0.116. The minimum absolute atomic E-state index is 0.0446. The number of nitrogens with two attached hydrogens (primary N) is 1. The number of rotatable bonds is 4. The highest BCUT2D eigenvalue weighted by molar-refractivity contribution is 5.77. The first-order valence-electron chi connectivity index (χ1n) is 5.61. The van der Waals surface area contributed by atoms with Crippen LogP contribution in [0.15, 0.2) is 6.07 Å². The lowest BCUT2D eigenvalue weighted by molar-refractivity contribution is -0.119. The number of nitrogens with zero attached hydrogens (tertiary/aromatic N) is 1. The number of hydrogen-bond acceptors (Lipinski definition) is 2. The smallest absolute Gasteiger partial charge is 0.234 e. The highest BCUT2D eigenvalue weighted by atomic mass is 16.1. The van der Waals surface area contributed by atoms with Crippen molar-refractivity contribution < 1.29 is 4.79 Å². The fourth-order valence-corrected chi connectivity index (χ4v) is 2.08. The molecule has 4 heteroatoms. The first kappa shape index (κ1) is 12.8. The second-order valence-corrected chi connectivity index (χ2v) is 4.34. The molecule has 16 heavy (non-hydrogen) atoms. The predicted molar refractivity (Wildman–Crippen MR) is 65.2 cm³/mol. The van der Waals surface area contributed by atoms with Crippen LogP contribution in [0.3, 0.4) is 0 Å². The molecule has 0 atom stereocenters. The second kappa shape index (κ2) is 5.16. The monoisotopic (exact) mass is 223 g/mol. The van der Waals surface area contributed by atoms with E-state index in [0.717, 1.165) is 5.56 Å². The van der Waals surface area contributed by atoms with Crippen LogP contribution in [0.5, 0.6) is 0 Å². The number of carbonyl (C=O) groups is 1. The van der Waals surface area contributed by atoms with Gasteiger partial charge in [0.25, 0.3) is 0 Å². The lowest BCUT2D eigenvalue weighted by atomic mass is 10.2. The van der Waals surface area contributed by atoms with Crippen LogP contribution < -0.4 is 11.1 Å². The zero-order valence-corrected chi connectivity index (χ0v) is 10.5. The van der Waals surface area contributed by atoms with Crippen molar-refractivity contribution in [2.45, 2.75) is 40.3 Å². The van der Waals surface area contributed by atoms with E-state index in [0.29, 0.717) is 12.6 Å². The molecule has 0 aliphatic rings. The van der Waals surface area contributed by atoms with Crippen molar-refractivity contribution in [3.8, 4) is 0 Å². The van der Waals surface area contributed by atoms with E-state index in [2.05, 4.69) is 43.6 Å². The van der Waals surface area contributed by atoms with Crippen LogP contribution >= 0.6 is 0 Å². The van der Waals surface area contributed by atoms with Crippen LogP contribution in [0.1, 0.15) is 36.8 Å². The van der Waals surface area contributed by atoms with Crippen molar-refractivity contribution in [2.75, 3.05) is 6.54 Å². The van der Waals surface area contributed by atoms with Crippen molar-refractivity contribution in [3.63, 3.8) is 0 Å². The van der Waals surface area contributed by atoms with E-state index in [1.807, 2.05) is 0 Å². The van der Waals surface area contributed by atoms with Crippen LogP contribution in [-0.2, 0) is 11.3 Å². The third kappa shape index (κ3) is 2.64. The zero-order chi connectivity index (χ0) is 12.3. The third-order valence-corrected chi connectivity index (χ3v) is 2.77. The van der Waals surface area contributed by atoms with Gasteiger partial charge in [0, 0.05) is 24.0 Å². The van der Waals surface area contributed by atoms with E-state index in [9.17, 15) is 4.79 Å². The summed E-state index contributed by atoms with van der Waals surface area (Å²) < 4.78 is 2.27. The van der Waals surface area contributed by atoms with Gasteiger partial charge in [0.1, 0.15) is 0 Å². The van der Waals surface area contributed by atoms with Gasteiger partial charge >= 0.3 is 0 Å². The second-order valence-electron chi connectivity index (χ2n) is 4.34. The van der Waals surface area contributed by atoms with Gasteiger partial charge in [-0.1, -0.05) is 0 Å². The topological polar surface area (TPSA) is 60.1 Å². The Hall–Kier alpha value is -1.29. The number of hydrogen-bond donors (Lipinski definition) is 2. The maximum atomic E-state index is 11.1. The number of carbonyl (C=O) groups excluding carboxylic acids is 1. The summed E-state index contributed by atoms with van der Waals surface area (Å²) in [5, 5.41) is 2.79. The average Bonchev–Trinajstić information content (AvgIpc) is 2.50. The van der Waals surface area contributed by atoms with E-state index in [1.54, 1.807) is 0 Å². The summed E-state index contributed by atoms with van der Waals surface area (Å²) in [5.41, 5.74) is 8.84. The molecular formula is C12H21N3O. The molecule has 90 valence electrons. The molecule has 3 N–H and O–H groups in total. The molecule has 1 rings (SSSR count). The van der Waals surface area contributed by atoms with Crippen LogP contribution in [0, 0.1) is 13.8 Å². The van der Waals surface area contributed by atoms with Gasteiger partial charge < -0.3 is 15.6 Å². The molecule has 0 saturated heterocycles. The maximum Gasteiger partial charge on any atom is 0.234 e. The number of aromatic nitrogens is 1. The largest absolute Gasteiger partial charge is 0.351 e. The van der Waals surface area contributed by atoms with Crippen LogP contribution in [0.4, 0.5) is 0 Å². The highest BCUT2D eigenvalue weighted by Gasteiger charge is 2.11. The molecule has 1 amide bonds. The summed E-state index contributed by atoms with van der Waals surface area (Å²) in [6.07, 6.45) is 0. The van der Waals surface area contributed by atoms with Gasteiger partial charge in [-0.25, -0.2) is 0 Å². The molecule has 1 heterocycles. The molecule has 0 aromatic carbocycles. The SMILES string of the molecule is Cc1cc(CNC(=O)CN)c(C)n1C(C)C. The molecule has 0 spiro atoms. The Balaban J connectivity index is 2.82. The zero-order valence-electron chi connectivity index (χ0n) is 10.5. The van der Waals surface area contributed by atoms with Gasteiger partial charge in [-0.2, -0.15) is 0 Å². The fourth-order valence-electron chi connectivity index (χ4n) is 2.08. The van der Waals surface area contributed by atoms with E-state index in [4.69, 9.17) is 5.73 Å². The third-order valence-electron chi connectivity index (χ3n) is 2.77. The summed E-state index contributed by atoms with van der Waals surface area (Å²) in [6.45, 7) is 9.08. The molecule has 1 aromatic rings. The van der Waals surface area contributed by atoms with Crippen LogP contribution in [-0.4, -0.2) is 17.0 Å². The molecule has 0 bridgehead atoms. The van der Waals surface area contributed by atoms with Crippen molar-refractivity contribution >= 4 is 5.91 Å². The standard InChI is InChI=1S/C12H21N3O/c1-8(2)15-9(3)5-11(10(15)4)7-14-12(16)6-13/h5,8H,6-7,13H2,1-4H3,(H,14,16). The number of aryl methyl sites for hydroxylation is 1. The van der Waals surface area contributed by atoms with E-state index in [1.165, 1.54) is 11.4 Å². The summed E-state index contributed by atoms with van der Waals surface area (Å²) in [6, 6.07) is 2.56. The van der Waals surface area contributed by atoms with Gasteiger partial charge in [0.05, 0.1) is 6.54 Å². The molecule has 0 saturated carbocycles. The lowest BCUT2D eigenvalue weighted by Crippen LogP contribution is -2.29. The molecule has 0 radical (unpaired) electrons. The normalized spacial score (nSPS) is 10.9. The molecule has 0 aliphatic heterocycles. The van der Waals surface area contributed by atoms with Crippen LogP contribution in [0.25, 0.3) is 0 Å². The molecule has 0 fully saturated rings. The van der Waals surface area contributed by atoms with Gasteiger partial charge in [-0.3, -0.25) is 4.79 Å². The minimum Gasteiger partial charge on any atom is -0.351 e. The quantitative estimate of drug-likeness (QED) is 0.807. The van der Waals surface area contributed by atoms with Gasteiger partial charge in [-0.05, 0) is 39.3 Å². The Bertz CT molecular complexity index is 380. The van der Waals surface area contributed by atoms with Gasteiger partial charge in [-0.15, -0.1) is 0 Å². The summed E-state index contributed by atoms with van der Waals surface area (Å²) in [7, 11) is 0. The van der Waals surface area contributed by atoms with E-state index in [-0.39, 0.29) is 12.5 Å². The Morgan fingerprint density at radius 2 is 2.12 bits per heavy atom. The highest BCUT2D eigenvalue weighted by Crippen LogP contribution is 2.19. The fraction of sp³-hybridized carbons (Fsp3) is 0.583. The van der Waals surface area contributed by atoms with Crippen molar-refractivity contribution in [1.82, 2.24) is 9.88 Å². The Labute approximate surface area is 96.8 Å². The molecule has 4 nitrogen and oxygen atoms in total. The van der Waals surface area contributed by atoms with Gasteiger partial charge in [0.2, 0.25) is 5.91 Å². The Morgan fingerprint density at radius 1 is 1.50 bits per heavy atom. The van der Waals surface area contributed by atoms with Gasteiger partial charge in [0.15, 0.2) is 0 Å². The molecule has 0 unspecified atom stereocenters. The molecular weight excluding hydrogens is 202 g/mol. The first-order valence-corrected chi connectivity index (χ1v) is 5.61. The Morgan fingerprint density at radius 3 is 2.56 bits per heavy atom. The van der Waals surface area contributed by atoms with E-state index < -0.39 is 0 Å². The summed E-state index contributed by atoms with van der Waals surface area (Å²) in [5.74, 6) is -0.116. The number of nitrogens with one attached hydrogen (secondary N) is 1. The van der Waals surface area contributed by atoms with E-state index >= 15 is 0 Å².